The van der Waals surface area contributed by atoms with Crippen molar-refractivity contribution in [3.63, 3.8) is 0 Å². The van der Waals surface area contributed by atoms with Crippen LogP contribution in [0.2, 0.25) is 0 Å². The summed E-state index contributed by atoms with van der Waals surface area (Å²) in [6.07, 6.45) is -3.10. The largest absolute Gasteiger partial charge is 0.363 e. The Morgan fingerprint density at radius 1 is 1.09 bits per heavy atom. The molecule has 4 rings (SSSR count). The van der Waals surface area contributed by atoms with Crippen LogP contribution in [0.1, 0.15) is 67.4 Å². The lowest BCUT2D eigenvalue weighted by atomic mass is 9.91. The van der Waals surface area contributed by atoms with Crippen LogP contribution in [0.5, 0.6) is 0 Å². The van der Waals surface area contributed by atoms with Crippen LogP contribution >= 0.6 is 0 Å². The lowest BCUT2D eigenvalue weighted by Gasteiger charge is -2.36. The summed E-state index contributed by atoms with van der Waals surface area (Å²) in [6, 6.07) is 3.12. The molecule has 1 saturated heterocycles. The first-order valence-electron chi connectivity index (χ1n) is 11.4. The summed E-state index contributed by atoms with van der Waals surface area (Å²) < 4.78 is 56.5. The molecule has 0 radical (unpaired) electrons. The summed E-state index contributed by atoms with van der Waals surface area (Å²) in [5, 5.41) is 3.06. The second-order valence-electron chi connectivity index (χ2n) is 9.09. The van der Waals surface area contributed by atoms with Gasteiger partial charge in [0.05, 0.1) is 30.4 Å². The zero-order chi connectivity index (χ0) is 25.5. The molecule has 1 atom stereocenters. The number of aromatic nitrogens is 2. The first kappa shape index (κ1) is 24.9. The molecule has 0 bridgehead atoms. The van der Waals surface area contributed by atoms with Gasteiger partial charge >= 0.3 is 0 Å². The number of likely N-dealkylation sites (tertiary alicyclic amines) is 1. The monoisotopic (exact) mass is 493 g/mol. The van der Waals surface area contributed by atoms with Crippen molar-refractivity contribution in [2.75, 3.05) is 18.4 Å². The molecule has 1 aromatic carbocycles. The average Bonchev–Trinajstić information content (AvgIpc) is 3.22. The summed E-state index contributed by atoms with van der Waals surface area (Å²) in [5.74, 6) is -1.06. The van der Waals surface area contributed by atoms with E-state index in [4.69, 9.17) is 0 Å². The van der Waals surface area contributed by atoms with Crippen LogP contribution in [0, 0.1) is 12.7 Å². The molecule has 7 nitrogen and oxygen atoms in total. The number of anilines is 1. The van der Waals surface area contributed by atoms with Crippen LogP contribution in [-0.2, 0) is 22.7 Å². The number of carbonyl (C=O) groups excluding carboxylic acids is 2. The molecule has 1 fully saturated rings. The molecule has 2 aliphatic rings. The molecule has 2 amide bonds. The molecule has 3 heterocycles. The Kier molecular flexibility index (Phi) is 6.70. The standard InChI is InChI=1S/C24H27F4N5O2/c1-13(16-5-4-6-17(20(16)25)21(26)27)29-22-18-11-33(12-19(18)30-14(2)31-22)23(35)24(28)7-9-32(10-8-24)15(3)34/h4-6,13,21H,7-12H2,1-3H3,(H,29,30,31)/t13-/m1/s1. The average molecular weight is 494 g/mol. The third-order valence-corrected chi connectivity index (χ3v) is 6.68. The first-order valence-corrected chi connectivity index (χ1v) is 11.4. The van der Waals surface area contributed by atoms with Crippen LogP contribution in [0.3, 0.4) is 0 Å². The van der Waals surface area contributed by atoms with Crippen molar-refractivity contribution in [1.29, 1.82) is 0 Å². The Morgan fingerprint density at radius 3 is 2.37 bits per heavy atom. The van der Waals surface area contributed by atoms with Crippen molar-refractivity contribution in [3.05, 3.63) is 52.2 Å². The van der Waals surface area contributed by atoms with E-state index in [-0.39, 0.29) is 50.5 Å². The topological polar surface area (TPSA) is 78.4 Å². The highest BCUT2D eigenvalue weighted by Gasteiger charge is 2.46. The third-order valence-electron chi connectivity index (χ3n) is 6.68. The highest BCUT2D eigenvalue weighted by atomic mass is 19.3. The Labute approximate surface area is 200 Å². The Morgan fingerprint density at radius 2 is 1.74 bits per heavy atom. The Bertz CT molecular complexity index is 1150. The smallest absolute Gasteiger partial charge is 0.266 e. The predicted octanol–water partition coefficient (Wildman–Crippen LogP) is 4.23. The lowest BCUT2D eigenvalue weighted by Crippen LogP contribution is -2.52. The number of hydrogen-bond donors (Lipinski definition) is 1. The molecule has 2 aromatic rings. The Balaban J connectivity index is 1.53. The van der Waals surface area contributed by atoms with E-state index in [1.807, 2.05) is 0 Å². The molecule has 0 spiro atoms. The number of amides is 2. The number of piperidine rings is 1. The van der Waals surface area contributed by atoms with Gasteiger partial charge in [0.2, 0.25) is 5.91 Å². The minimum atomic E-state index is -2.94. The molecule has 1 N–H and O–H groups in total. The maximum absolute atomic E-state index is 15.6. The number of halogens is 4. The quantitative estimate of drug-likeness (QED) is 0.631. The fourth-order valence-electron chi connectivity index (χ4n) is 4.67. The molecular formula is C24H27F4N5O2. The molecule has 0 saturated carbocycles. The van der Waals surface area contributed by atoms with Gasteiger partial charge in [-0.05, 0) is 13.8 Å². The van der Waals surface area contributed by atoms with Crippen LogP contribution in [0.15, 0.2) is 18.2 Å². The highest BCUT2D eigenvalue weighted by molar-refractivity contribution is 5.86. The first-order chi connectivity index (χ1) is 16.5. The number of hydrogen-bond acceptors (Lipinski definition) is 5. The molecule has 2 aliphatic heterocycles. The number of aryl methyl sites for hydroxylation is 1. The van der Waals surface area contributed by atoms with E-state index >= 15 is 4.39 Å². The zero-order valence-electron chi connectivity index (χ0n) is 19.7. The van der Waals surface area contributed by atoms with E-state index in [9.17, 15) is 22.8 Å². The zero-order valence-corrected chi connectivity index (χ0v) is 19.7. The molecular weight excluding hydrogens is 466 g/mol. The van der Waals surface area contributed by atoms with Gasteiger partial charge in [0.1, 0.15) is 17.5 Å². The van der Waals surface area contributed by atoms with E-state index in [0.29, 0.717) is 22.9 Å². The predicted molar refractivity (Wildman–Crippen MR) is 120 cm³/mol. The number of carbonyl (C=O) groups is 2. The van der Waals surface area contributed by atoms with Crippen molar-refractivity contribution in [2.45, 2.75) is 64.8 Å². The SMILES string of the molecule is CC(=O)N1CCC(F)(C(=O)N2Cc3nc(C)nc(N[C@H](C)c4cccc(C(F)F)c4F)c3C2)CC1. The van der Waals surface area contributed by atoms with Gasteiger partial charge < -0.3 is 15.1 Å². The highest BCUT2D eigenvalue weighted by Crippen LogP contribution is 2.35. The van der Waals surface area contributed by atoms with Gasteiger partial charge in [-0.2, -0.15) is 0 Å². The van der Waals surface area contributed by atoms with E-state index in [0.717, 1.165) is 6.07 Å². The number of fused-ring (bicyclic) bond motifs is 1. The van der Waals surface area contributed by atoms with Crippen molar-refractivity contribution in [1.82, 2.24) is 19.8 Å². The third kappa shape index (κ3) is 4.81. The number of benzene rings is 1. The van der Waals surface area contributed by atoms with E-state index in [2.05, 4.69) is 15.3 Å². The summed E-state index contributed by atoms with van der Waals surface area (Å²) >= 11 is 0. The van der Waals surface area contributed by atoms with Gasteiger partial charge in [-0.25, -0.2) is 27.5 Å². The molecule has 11 heteroatoms. The van der Waals surface area contributed by atoms with Crippen LogP contribution in [-0.4, -0.2) is 50.3 Å². The molecule has 0 aliphatic carbocycles. The van der Waals surface area contributed by atoms with Crippen molar-refractivity contribution >= 4 is 17.6 Å². The molecule has 1 aromatic heterocycles. The number of nitrogens with zero attached hydrogens (tertiary/aromatic N) is 4. The maximum atomic E-state index is 15.6. The minimum Gasteiger partial charge on any atom is -0.363 e. The fourth-order valence-corrected chi connectivity index (χ4v) is 4.67. The number of alkyl halides is 3. The number of nitrogens with one attached hydrogen (secondary N) is 1. The number of rotatable bonds is 5. The van der Waals surface area contributed by atoms with Gasteiger partial charge in [0, 0.05) is 44.0 Å². The van der Waals surface area contributed by atoms with E-state index in [1.165, 1.54) is 28.9 Å². The van der Waals surface area contributed by atoms with Crippen molar-refractivity contribution in [2.24, 2.45) is 0 Å². The van der Waals surface area contributed by atoms with Crippen LogP contribution < -0.4 is 5.32 Å². The molecule has 35 heavy (non-hydrogen) atoms. The summed E-state index contributed by atoms with van der Waals surface area (Å²) in [7, 11) is 0. The van der Waals surface area contributed by atoms with Crippen LogP contribution in [0.25, 0.3) is 0 Å². The Hall–Kier alpha value is -3.24. The summed E-state index contributed by atoms with van der Waals surface area (Å²) in [5.41, 5.74) is -1.58. The van der Waals surface area contributed by atoms with E-state index in [1.54, 1.807) is 13.8 Å². The second kappa shape index (κ2) is 9.43. The van der Waals surface area contributed by atoms with Crippen molar-refractivity contribution in [3.8, 4) is 0 Å². The van der Waals surface area contributed by atoms with Gasteiger partial charge in [0.15, 0.2) is 5.67 Å². The molecule has 0 unspecified atom stereocenters. The molecule has 188 valence electrons. The fraction of sp³-hybridized carbons (Fsp3) is 0.500. The summed E-state index contributed by atoms with van der Waals surface area (Å²) in [4.78, 5) is 36.3. The van der Waals surface area contributed by atoms with Gasteiger partial charge in [-0.3, -0.25) is 9.59 Å². The van der Waals surface area contributed by atoms with Gasteiger partial charge in [0.25, 0.3) is 12.3 Å². The van der Waals surface area contributed by atoms with Gasteiger partial charge in [-0.1, -0.05) is 18.2 Å². The summed E-state index contributed by atoms with van der Waals surface area (Å²) in [6.45, 7) is 5.19. The normalized spacial score (nSPS) is 17.9. The maximum Gasteiger partial charge on any atom is 0.266 e. The van der Waals surface area contributed by atoms with Crippen molar-refractivity contribution < 1.29 is 27.2 Å². The van der Waals surface area contributed by atoms with Gasteiger partial charge in [-0.15, -0.1) is 0 Å². The lowest BCUT2D eigenvalue weighted by molar-refractivity contribution is -0.150. The minimum absolute atomic E-state index is 0.0543. The second-order valence-corrected chi connectivity index (χ2v) is 9.09. The van der Waals surface area contributed by atoms with E-state index < -0.39 is 35.4 Å². The van der Waals surface area contributed by atoms with Crippen LogP contribution in [0.4, 0.5) is 23.4 Å².